The van der Waals surface area contributed by atoms with Crippen LogP contribution in [0.2, 0.25) is 0 Å². The van der Waals surface area contributed by atoms with Gasteiger partial charge >= 0.3 is 11.9 Å². The summed E-state index contributed by atoms with van der Waals surface area (Å²) in [6, 6.07) is 0. The molecule has 5 nitrogen and oxygen atoms in total. The average molecular weight is 571 g/mol. The molecule has 5 aliphatic carbocycles. The highest BCUT2D eigenvalue weighted by atomic mass is 16.5. The fraction of sp³-hybridized carbons (Fsp3) is 0.889. The molecule has 0 saturated heterocycles. The third kappa shape index (κ3) is 4.48. The van der Waals surface area contributed by atoms with E-state index in [0.29, 0.717) is 42.8 Å². The number of hydrogen-bond donors (Lipinski definition) is 0. The molecule has 4 fully saturated rings. The highest BCUT2D eigenvalue weighted by Crippen LogP contribution is 2.77. The SMILES string of the molecule is CCOCC1=C[C@H](OC(C)=O)[C@]2(C)CC[C@]3(C)[C@H](CC[C@@H]4[C@@]5(C)CC[C@H](OC(C)=O)C(C)(C)[C@@H]5CC[C@]43C)[C@H]2[C@@H]1C. The Morgan fingerprint density at radius 1 is 0.805 bits per heavy atom. The Morgan fingerprint density at radius 2 is 1.49 bits per heavy atom. The first-order valence-electron chi connectivity index (χ1n) is 16.7. The molecule has 5 rings (SSSR count). The molecule has 0 aromatic heterocycles. The number of hydrogen-bond acceptors (Lipinski definition) is 5. The van der Waals surface area contributed by atoms with Gasteiger partial charge in [0.25, 0.3) is 0 Å². The second-order valence-corrected chi connectivity index (χ2v) is 16.4. The molecule has 0 amide bonds. The molecule has 41 heavy (non-hydrogen) atoms. The number of carbonyl (C=O) groups excluding carboxylic acids is 2. The van der Waals surface area contributed by atoms with Crippen LogP contribution in [0, 0.1) is 56.7 Å². The Balaban J connectivity index is 1.50. The molecule has 0 aromatic rings. The van der Waals surface area contributed by atoms with Crippen LogP contribution in [-0.4, -0.2) is 37.4 Å². The molecule has 0 spiro atoms. The highest BCUT2D eigenvalue weighted by molar-refractivity contribution is 5.66. The van der Waals surface area contributed by atoms with Gasteiger partial charge in [0.15, 0.2) is 0 Å². The minimum absolute atomic E-state index is 0.0154. The average Bonchev–Trinajstić information content (AvgIpc) is 2.87. The molecular weight excluding hydrogens is 512 g/mol. The molecule has 0 N–H and O–H groups in total. The van der Waals surface area contributed by atoms with Crippen molar-refractivity contribution in [3.8, 4) is 0 Å². The Kier molecular flexibility index (Phi) is 7.86. The van der Waals surface area contributed by atoms with Crippen LogP contribution in [-0.2, 0) is 23.8 Å². The Hall–Kier alpha value is -1.36. The van der Waals surface area contributed by atoms with Crippen molar-refractivity contribution in [1.29, 1.82) is 0 Å². The summed E-state index contributed by atoms with van der Waals surface area (Å²) in [5.74, 6) is 2.36. The predicted molar refractivity (Wildman–Crippen MR) is 162 cm³/mol. The van der Waals surface area contributed by atoms with Crippen LogP contribution in [0.3, 0.4) is 0 Å². The van der Waals surface area contributed by atoms with Gasteiger partial charge in [-0.1, -0.05) is 48.5 Å². The normalized spacial score (nSPS) is 48.4. The van der Waals surface area contributed by atoms with Crippen molar-refractivity contribution in [3.05, 3.63) is 11.6 Å². The summed E-state index contributed by atoms with van der Waals surface area (Å²) in [4.78, 5) is 24.3. The molecular formula is C36H58O5. The molecule has 0 radical (unpaired) electrons. The third-order valence-electron chi connectivity index (χ3n) is 14.5. The summed E-state index contributed by atoms with van der Waals surface area (Å²) < 4.78 is 18.0. The minimum atomic E-state index is -0.183. The van der Waals surface area contributed by atoms with E-state index < -0.39 is 0 Å². The summed E-state index contributed by atoms with van der Waals surface area (Å²) in [5.41, 5.74) is 1.98. The van der Waals surface area contributed by atoms with Crippen molar-refractivity contribution in [1.82, 2.24) is 0 Å². The van der Waals surface area contributed by atoms with Gasteiger partial charge in [0.05, 0.1) is 6.61 Å². The molecule has 4 saturated carbocycles. The van der Waals surface area contributed by atoms with Crippen molar-refractivity contribution in [2.45, 2.75) is 133 Å². The van der Waals surface area contributed by atoms with Crippen molar-refractivity contribution in [3.63, 3.8) is 0 Å². The van der Waals surface area contributed by atoms with Gasteiger partial charge in [-0.15, -0.1) is 0 Å². The van der Waals surface area contributed by atoms with Gasteiger partial charge in [-0.25, -0.2) is 0 Å². The lowest BCUT2D eigenvalue weighted by atomic mass is 9.31. The maximum Gasteiger partial charge on any atom is 0.303 e. The summed E-state index contributed by atoms with van der Waals surface area (Å²) in [5, 5.41) is 0. The lowest BCUT2D eigenvalue weighted by Crippen LogP contribution is -2.68. The van der Waals surface area contributed by atoms with Crippen LogP contribution in [0.15, 0.2) is 11.6 Å². The van der Waals surface area contributed by atoms with E-state index in [1.54, 1.807) is 13.8 Å². The molecule has 0 aromatic carbocycles. The topological polar surface area (TPSA) is 61.8 Å². The van der Waals surface area contributed by atoms with Gasteiger partial charge in [-0.05, 0) is 116 Å². The number of carbonyl (C=O) groups is 2. The lowest BCUT2D eigenvalue weighted by molar-refractivity contribution is -0.258. The molecule has 0 unspecified atom stereocenters. The number of esters is 2. The van der Waals surface area contributed by atoms with Crippen molar-refractivity contribution >= 4 is 11.9 Å². The maximum atomic E-state index is 12.3. The first kappa shape index (κ1) is 31.1. The van der Waals surface area contributed by atoms with E-state index in [0.717, 1.165) is 19.3 Å². The third-order valence-corrected chi connectivity index (χ3v) is 14.5. The standard InChI is InChI=1S/C36H58O5/c1-11-39-21-25-20-30(41-24(4)38)34(8)18-19-35(9)26(31(34)22(25)2)12-13-28-33(7)16-15-29(40-23(3)37)32(5,6)27(33)14-17-36(28,35)10/h20,22,26-31H,11-19,21H2,1-10H3/t22-,26-,27+,28-,29+,30+,31-,33+,34+,35-,36-/m1/s1. The van der Waals surface area contributed by atoms with Gasteiger partial charge in [0, 0.05) is 31.3 Å². The number of rotatable bonds is 5. The van der Waals surface area contributed by atoms with Crippen LogP contribution in [0.5, 0.6) is 0 Å². The van der Waals surface area contributed by atoms with E-state index in [1.165, 1.54) is 37.7 Å². The first-order valence-corrected chi connectivity index (χ1v) is 16.7. The first-order chi connectivity index (χ1) is 19.1. The highest BCUT2D eigenvalue weighted by Gasteiger charge is 2.70. The van der Waals surface area contributed by atoms with Gasteiger partial charge < -0.3 is 14.2 Å². The summed E-state index contributed by atoms with van der Waals surface area (Å²) >= 11 is 0. The number of ether oxygens (including phenoxy) is 3. The van der Waals surface area contributed by atoms with Crippen LogP contribution >= 0.6 is 0 Å². The van der Waals surface area contributed by atoms with Gasteiger partial charge in [-0.3, -0.25) is 9.59 Å². The fourth-order valence-corrected chi connectivity index (χ4v) is 12.3. The summed E-state index contributed by atoms with van der Waals surface area (Å²) in [6.45, 7) is 24.0. The van der Waals surface area contributed by atoms with Crippen LogP contribution < -0.4 is 0 Å². The summed E-state index contributed by atoms with van der Waals surface area (Å²) in [6.07, 6.45) is 11.4. The zero-order valence-corrected chi connectivity index (χ0v) is 27.7. The second kappa shape index (κ2) is 10.4. The van der Waals surface area contributed by atoms with E-state index in [1.807, 2.05) is 0 Å². The van der Waals surface area contributed by atoms with Crippen molar-refractivity contribution in [2.24, 2.45) is 56.7 Å². The quantitative estimate of drug-likeness (QED) is 0.247. The van der Waals surface area contributed by atoms with Crippen molar-refractivity contribution < 1.29 is 23.8 Å². The largest absolute Gasteiger partial charge is 0.462 e. The molecule has 5 aliphatic rings. The zero-order valence-electron chi connectivity index (χ0n) is 27.7. The van der Waals surface area contributed by atoms with Gasteiger partial charge in [0.2, 0.25) is 0 Å². The van der Waals surface area contributed by atoms with Crippen LogP contribution in [0.4, 0.5) is 0 Å². The van der Waals surface area contributed by atoms with E-state index in [4.69, 9.17) is 14.2 Å². The monoisotopic (exact) mass is 570 g/mol. The Bertz CT molecular complexity index is 1080. The smallest absolute Gasteiger partial charge is 0.303 e. The Labute approximate surface area is 249 Å². The van der Waals surface area contributed by atoms with Gasteiger partial charge in [0.1, 0.15) is 12.2 Å². The zero-order chi connectivity index (χ0) is 30.2. The maximum absolute atomic E-state index is 12.3. The fourth-order valence-electron chi connectivity index (χ4n) is 12.3. The molecule has 232 valence electrons. The molecule has 5 heteroatoms. The van der Waals surface area contributed by atoms with E-state index in [2.05, 4.69) is 61.5 Å². The Morgan fingerprint density at radius 3 is 2.12 bits per heavy atom. The number of fused-ring (bicyclic) bond motifs is 7. The van der Waals surface area contributed by atoms with E-state index in [-0.39, 0.29) is 51.2 Å². The van der Waals surface area contributed by atoms with Gasteiger partial charge in [-0.2, -0.15) is 0 Å². The molecule has 0 heterocycles. The van der Waals surface area contributed by atoms with Crippen LogP contribution in [0.25, 0.3) is 0 Å². The van der Waals surface area contributed by atoms with E-state index >= 15 is 0 Å². The van der Waals surface area contributed by atoms with E-state index in [9.17, 15) is 9.59 Å². The van der Waals surface area contributed by atoms with Crippen LogP contribution in [0.1, 0.15) is 121 Å². The molecule has 11 atom stereocenters. The molecule has 0 bridgehead atoms. The molecule has 0 aliphatic heterocycles. The summed E-state index contributed by atoms with van der Waals surface area (Å²) in [7, 11) is 0. The minimum Gasteiger partial charge on any atom is -0.462 e. The van der Waals surface area contributed by atoms with Crippen molar-refractivity contribution in [2.75, 3.05) is 13.2 Å². The second-order valence-electron chi connectivity index (χ2n) is 16.4. The lowest BCUT2D eigenvalue weighted by Gasteiger charge is -2.73. The predicted octanol–water partition coefficient (Wildman–Crippen LogP) is 8.15.